The molecule has 0 bridgehead atoms. The van der Waals surface area contributed by atoms with E-state index in [1.165, 1.54) is 0 Å². The lowest BCUT2D eigenvalue weighted by Gasteiger charge is -2.36. The number of carbonyl (C=O) groups is 2. The van der Waals surface area contributed by atoms with Crippen molar-refractivity contribution < 1.29 is 9.59 Å². The van der Waals surface area contributed by atoms with Gasteiger partial charge in [-0.2, -0.15) is 4.98 Å². The lowest BCUT2D eigenvalue weighted by atomic mass is 9.92. The van der Waals surface area contributed by atoms with Gasteiger partial charge in [0.05, 0.1) is 11.5 Å². The topological polar surface area (TPSA) is 107 Å². The van der Waals surface area contributed by atoms with E-state index in [4.69, 9.17) is 11.6 Å². The number of aromatic amines is 1. The molecule has 2 aliphatic rings. The van der Waals surface area contributed by atoms with Gasteiger partial charge in [0.2, 0.25) is 17.8 Å². The van der Waals surface area contributed by atoms with Crippen molar-refractivity contribution in [3.8, 4) is 0 Å². The summed E-state index contributed by atoms with van der Waals surface area (Å²) in [4.78, 5) is 47.6. The molecule has 1 saturated heterocycles. The van der Waals surface area contributed by atoms with Gasteiger partial charge in [0.15, 0.2) is 0 Å². The van der Waals surface area contributed by atoms with Gasteiger partial charge in [-0.25, -0.2) is 0 Å². The average Bonchev–Trinajstić information content (AvgIpc) is 2.74. The molecule has 0 saturated carbocycles. The molecule has 2 atom stereocenters. The van der Waals surface area contributed by atoms with Crippen LogP contribution in [0, 0.1) is 0 Å². The van der Waals surface area contributed by atoms with Crippen LogP contribution in [-0.4, -0.2) is 34.4 Å². The number of hydrogen-bond acceptors (Lipinski definition) is 5. The van der Waals surface area contributed by atoms with Crippen molar-refractivity contribution in [1.82, 2.24) is 9.97 Å². The van der Waals surface area contributed by atoms with Crippen LogP contribution in [0.4, 0.5) is 17.5 Å². The highest BCUT2D eigenvalue weighted by Gasteiger charge is 2.35. The van der Waals surface area contributed by atoms with E-state index in [-0.39, 0.29) is 23.7 Å². The number of amides is 2. The number of halogens is 1. The highest BCUT2D eigenvalue weighted by atomic mass is 35.5. The third-order valence-corrected chi connectivity index (χ3v) is 5.99. The first-order chi connectivity index (χ1) is 14.5. The second-order valence-corrected chi connectivity index (χ2v) is 8.14. The van der Waals surface area contributed by atoms with Crippen molar-refractivity contribution >= 4 is 40.9 Å². The van der Waals surface area contributed by atoms with Crippen LogP contribution in [0.25, 0.3) is 0 Å². The molecule has 0 radical (unpaired) electrons. The Bertz CT molecular complexity index is 1020. The van der Waals surface area contributed by atoms with Gasteiger partial charge in [-0.1, -0.05) is 18.5 Å². The number of aromatic nitrogens is 2. The number of nitrogens with zero attached hydrogens (tertiary/aromatic N) is 2. The van der Waals surface area contributed by atoms with Crippen LogP contribution in [-0.2, 0) is 9.59 Å². The van der Waals surface area contributed by atoms with Crippen LogP contribution in [0.2, 0.25) is 5.02 Å². The minimum absolute atomic E-state index is 0.113. The van der Waals surface area contributed by atoms with E-state index in [0.717, 1.165) is 32.2 Å². The standard InChI is InChI=1S/C21H24ClN5O3/c1-2-14-5-3-4-10-27(14)21-25-18-17(20(30)26-21)15(11-16(28)24-18)19(29)23-13-8-6-12(22)7-9-13/h6-9,14-15H,2-5,10-11H2,1H3,(H,23,29)(H2,24,25,26,28,30)/t14-,15-/m0/s1. The Kier molecular flexibility index (Phi) is 5.76. The van der Waals surface area contributed by atoms with E-state index in [0.29, 0.717) is 22.7 Å². The molecular formula is C21H24ClN5O3. The van der Waals surface area contributed by atoms with Crippen molar-refractivity contribution in [2.24, 2.45) is 0 Å². The van der Waals surface area contributed by atoms with Crippen molar-refractivity contribution in [3.63, 3.8) is 0 Å². The molecule has 2 aliphatic heterocycles. The molecule has 3 N–H and O–H groups in total. The minimum atomic E-state index is -0.918. The third kappa shape index (κ3) is 4.05. The molecule has 1 aromatic carbocycles. The summed E-state index contributed by atoms with van der Waals surface area (Å²) in [6.45, 7) is 2.91. The normalized spacial score (nSPS) is 21.0. The number of anilines is 3. The van der Waals surface area contributed by atoms with E-state index >= 15 is 0 Å². The summed E-state index contributed by atoms with van der Waals surface area (Å²) in [5, 5.41) is 5.98. The summed E-state index contributed by atoms with van der Waals surface area (Å²) in [5.41, 5.74) is 0.332. The number of H-pyrrole nitrogens is 1. The summed E-state index contributed by atoms with van der Waals surface area (Å²) in [6.07, 6.45) is 4.04. The van der Waals surface area contributed by atoms with Crippen LogP contribution in [0.15, 0.2) is 29.1 Å². The maximum absolute atomic E-state index is 13.0. The smallest absolute Gasteiger partial charge is 0.258 e. The summed E-state index contributed by atoms with van der Waals surface area (Å²) in [5.74, 6) is -1.07. The molecule has 8 nitrogen and oxygen atoms in total. The fourth-order valence-corrected chi connectivity index (χ4v) is 4.31. The average molecular weight is 430 g/mol. The lowest BCUT2D eigenvalue weighted by Crippen LogP contribution is -2.43. The van der Waals surface area contributed by atoms with Gasteiger partial charge in [-0.3, -0.25) is 19.4 Å². The first-order valence-electron chi connectivity index (χ1n) is 10.2. The van der Waals surface area contributed by atoms with Crippen molar-refractivity contribution in [2.75, 3.05) is 22.1 Å². The van der Waals surface area contributed by atoms with Crippen LogP contribution in [0.5, 0.6) is 0 Å². The molecule has 4 rings (SSSR count). The first-order valence-corrected chi connectivity index (χ1v) is 10.6. The van der Waals surface area contributed by atoms with Gasteiger partial charge >= 0.3 is 0 Å². The Morgan fingerprint density at radius 1 is 1.27 bits per heavy atom. The van der Waals surface area contributed by atoms with Gasteiger partial charge in [0.1, 0.15) is 5.82 Å². The Hall–Kier alpha value is -2.87. The van der Waals surface area contributed by atoms with E-state index < -0.39 is 17.4 Å². The molecule has 2 aromatic rings. The highest BCUT2D eigenvalue weighted by Crippen LogP contribution is 2.31. The lowest BCUT2D eigenvalue weighted by molar-refractivity contribution is -0.123. The van der Waals surface area contributed by atoms with Crippen molar-refractivity contribution in [1.29, 1.82) is 0 Å². The number of benzene rings is 1. The summed E-state index contributed by atoms with van der Waals surface area (Å²) < 4.78 is 0. The Morgan fingerprint density at radius 2 is 2.03 bits per heavy atom. The minimum Gasteiger partial charge on any atom is -0.339 e. The number of rotatable bonds is 4. The largest absolute Gasteiger partial charge is 0.339 e. The summed E-state index contributed by atoms with van der Waals surface area (Å²) in [6, 6.07) is 6.93. The van der Waals surface area contributed by atoms with Crippen molar-refractivity contribution in [2.45, 2.75) is 51.0 Å². The van der Waals surface area contributed by atoms with Crippen LogP contribution in [0.1, 0.15) is 50.5 Å². The fraction of sp³-hybridized carbons (Fsp3) is 0.429. The van der Waals surface area contributed by atoms with E-state index in [2.05, 4.69) is 32.4 Å². The molecule has 158 valence electrons. The maximum Gasteiger partial charge on any atom is 0.258 e. The van der Waals surface area contributed by atoms with Gasteiger partial charge in [0.25, 0.3) is 5.56 Å². The molecule has 0 unspecified atom stereocenters. The second kappa shape index (κ2) is 8.47. The quantitative estimate of drug-likeness (QED) is 0.691. The number of fused-ring (bicyclic) bond motifs is 1. The predicted molar refractivity (Wildman–Crippen MR) is 116 cm³/mol. The van der Waals surface area contributed by atoms with E-state index in [9.17, 15) is 14.4 Å². The second-order valence-electron chi connectivity index (χ2n) is 7.70. The molecule has 0 spiro atoms. The number of carbonyl (C=O) groups excluding carboxylic acids is 2. The zero-order valence-corrected chi connectivity index (χ0v) is 17.5. The Morgan fingerprint density at radius 3 is 2.77 bits per heavy atom. The molecular weight excluding hydrogens is 406 g/mol. The van der Waals surface area contributed by atoms with E-state index in [1.807, 2.05) is 0 Å². The molecule has 1 aromatic heterocycles. The third-order valence-electron chi connectivity index (χ3n) is 5.74. The SMILES string of the molecule is CC[C@H]1CCCCN1c1nc2c(c(=O)[nH]1)[C@@H](C(=O)Nc1ccc(Cl)cc1)CC(=O)N2. The molecule has 0 aliphatic carbocycles. The van der Waals surface area contributed by atoms with Gasteiger partial charge < -0.3 is 15.5 Å². The van der Waals surface area contributed by atoms with Crippen LogP contribution < -0.4 is 21.1 Å². The van der Waals surface area contributed by atoms with E-state index in [1.54, 1.807) is 24.3 Å². The van der Waals surface area contributed by atoms with Gasteiger partial charge in [0, 0.05) is 29.7 Å². The fourth-order valence-electron chi connectivity index (χ4n) is 4.19. The van der Waals surface area contributed by atoms with Crippen LogP contribution in [0.3, 0.4) is 0 Å². The van der Waals surface area contributed by atoms with Gasteiger partial charge in [-0.05, 0) is 49.9 Å². The molecule has 30 heavy (non-hydrogen) atoms. The molecule has 9 heteroatoms. The van der Waals surface area contributed by atoms with Gasteiger partial charge in [-0.15, -0.1) is 0 Å². The molecule has 2 amide bonds. The summed E-state index contributed by atoms with van der Waals surface area (Å²) in [7, 11) is 0. The Labute approximate surface area is 179 Å². The number of hydrogen-bond donors (Lipinski definition) is 3. The first kappa shape index (κ1) is 20.4. The molecule has 3 heterocycles. The van der Waals surface area contributed by atoms with Crippen molar-refractivity contribution in [3.05, 3.63) is 45.2 Å². The van der Waals surface area contributed by atoms with Crippen LogP contribution >= 0.6 is 11.6 Å². The predicted octanol–water partition coefficient (Wildman–Crippen LogP) is 3.26. The maximum atomic E-state index is 13.0. The number of nitrogens with one attached hydrogen (secondary N) is 3. The zero-order chi connectivity index (χ0) is 21.3. The Balaban J connectivity index is 1.65. The number of piperidine rings is 1. The highest BCUT2D eigenvalue weighted by molar-refractivity contribution is 6.30. The summed E-state index contributed by atoms with van der Waals surface area (Å²) >= 11 is 5.88. The molecule has 1 fully saturated rings. The zero-order valence-electron chi connectivity index (χ0n) is 16.7. The monoisotopic (exact) mass is 429 g/mol.